The molecule has 0 saturated carbocycles. The van der Waals surface area contributed by atoms with Gasteiger partial charge in [0.25, 0.3) is 7.82 Å². The van der Waals surface area contributed by atoms with Gasteiger partial charge in [-0.3, -0.25) is 14.2 Å². The van der Waals surface area contributed by atoms with Crippen molar-refractivity contribution >= 4 is 19.8 Å². The highest BCUT2D eigenvalue weighted by atomic mass is 31.2. The second-order valence-corrected chi connectivity index (χ2v) is 17.2. The van der Waals surface area contributed by atoms with Gasteiger partial charge in [0.1, 0.15) is 19.8 Å². The van der Waals surface area contributed by atoms with Crippen LogP contribution in [0.4, 0.5) is 0 Å². The number of carbonyl (C=O) groups excluding carboxylic acids is 2. The van der Waals surface area contributed by atoms with E-state index in [2.05, 4.69) is 19.9 Å². The van der Waals surface area contributed by atoms with Crippen LogP contribution in [0.15, 0.2) is 60.8 Å². The number of phosphoric acid groups is 1. The summed E-state index contributed by atoms with van der Waals surface area (Å²) in [6.45, 7) is 4.00. The van der Waals surface area contributed by atoms with Gasteiger partial charge in [0.05, 0.1) is 27.7 Å². The van der Waals surface area contributed by atoms with Crippen LogP contribution in [0, 0.1) is 0 Å². The fourth-order valence-electron chi connectivity index (χ4n) is 5.74. The zero-order chi connectivity index (χ0) is 41.4. The number of hydrogen-bond acceptors (Lipinski definition) is 8. The quantitative estimate of drug-likeness (QED) is 0.0198. The van der Waals surface area contributed by atoms with Gasteiger partial charge >= 0.3 is 11.9 Å². The van der Waals surface area contributed by atoms with E-state index in [1.165, 1.54) is 103 Å². The molecule has 0 heterocycles. The Morgan fingerprint density at radius 3 is 1.50 bits per heavy atom. The number of hydrogen-bond donors (Lipinski definition) is 0. The summed E-state index contributed by atoms with van der Waals surface area (Å²) in [4.78, 5) is 37.5. The number of unbranched alkanes of at least 4 members (excludes halogenated alkanes) is 19. The molecule has 10 heteroatoms. The van der Waals surface area contributed by atoms with Gasteiger partial charge in [-0.25, -0.2) is 0 Å². The van der Waals surface area contributed by atoms with Gasteiger partial charge in [-0.1, -0.05) is 190 Å². The van der Waals surface area contributed by atoms with Gasteiger partial charge in [0.15, 0.2) is 6.10 Å². The van der Waals surface area contributed by atoms with Crippen molar-refractivity contribution < 1.29 is 42.1 Å². The van der Waals surface area contributed by atoms with Gasteiger partial charge in [0, 0.05) is 12.8 Å². The molecule has 0 aliphatic carbocycles. The molecule has 0 aromatic carbocycles. The Morgan fingerprint density at radius 2 is 1.02 bits per heavy atom. The second-order valence-electron chi connectivity index (χ2n) is 15.8. The first-order valence-corrected chi connectivity index (χ1v) is 23.5. The van der Waals surface area contributed by atoms with Gasteiger partial charge in [-0.05, 0) is 25.7 Å². The third-order valence-corrected chi connectivity index (χ3v) is 10.1. The molecular weight excluding hydrogens is 725 g/mol. The molecular formula is C46H82NO8P. The minimum absolute atomic E-state index is 0.0458. The molecule has 0 radical (unpaired) electrons. The first-order valence-electron chi connectivity index (χ1n) is 22.1. The average molecular weight is 808 g/mol. The van der Waals surface area contributed by atoms with Crippen molar-refractivity contribution in [1.29, 1.82) is 0 Å². The van der Waals surface area contributed by atoms with Crippen LogP contribution in [0.1, 0.15) is 168 Å². The minimum atomic E-state index is -4.64. The lowest BCUT2D eigenvalue weighted by molar-refractivity contribution is -0.870. The van der Waals surface area contributed by atoms with E-state index in [1.807, 2.05) is 75.8 Å². The Hall–Kier alpha value is -2.29. The zero-order valence-electron chi connectivity index (χ0n) is 36.3. The van der Waals surface area contributed by atoms with Crippen molar-refractivity contribution in [2.45, 2.75) is 174 Å². The minimum Gasteiger partial charge on any atom is -0.756 e. The van der Waals surface area contributed by atoms with Crippen LogP contribution in [0.5, 0.6) is 0 Å². The molecule has 0 spiro atoms. The van der Waals surface area contributed by atoms with Crippen molar-refractivity contribution in [3.8, 4) is 0 Å². The maximum atomic E-state index is 12.6. The summed E-state index contributed by atoms with van der Waals surface area (Å²) in [5.74, 6) is -0.921. The van der Waals surface area contributed by atoms with Gasteiger partial charge in [-0.2, -0.15) is 0 Å². The van der Waals surface area contributed by atoms with E-state index in [0.717, 1.165) is 25.7 Å². The molecule has 324 valence electrons. The molecule has 0 aromatic rings. The molecule has 0 N–H and O–H groups in total. The third-order valence-electron chi connectivity index (χ3n) is 9.18. The maximum Gasteiger partial charge on any atom is 0.306 e. The molecule has 56 heavy (non-hydrogen) atoms. The Bertz CT molecular complexity index is 1140. The summed E-state index contributed by atoms with van der Waals surface area (Å²) >= 11 is 0. The highest BCUT2D eigenvalue weighted by Gasteiger charge is 2.21. The summed E-state index contributed by atoms with van der Waals surface area (Å²) in [5.41, 5.74) is 0. The van der Waals surface area contributed by atoms with E-state index >= 15 is 0 Å². The molecule has 0 aliphatic rings. The van der Waals surface area contributed by atoms with Crippen LogP contribution < -0.4 is 4.89 Å². The molecule has 2 unspecified atom stereocenters. The molecule has 0 bridgehead atoms. The van der Waals surface area contributed by atoms with Gasteiger partial charge in [-0.15, -0.1) is 0 Å². The monoisotopic (exact) mass is 808 g/mol. The highest BCUT2D eigenvalue weighted by Crippen LogP contribution is 2.38. The average Bonchev–Trinajstić information content (AvgIpc) is 3.15. The van der Waals surface area contributed by atoms with Crippen LogP contribution in [-0.4, -0.2) is 70.0 Å². The van der Waals surface area contributed by atoms with Crippen molar-refractivity contribution in [1.82, 2.24) is 0 Å². The lowest BCUT2D eigenvalue weighted by atomic mass is 10.0. The van der Waals surface area contributed by atoms with E-state index in [0.29, 0.717) is 23.9 Å². The molecule has 0 rings (SSSR count). The van der Waals surface area contributed by atoms with Crippen molar-refractivity contribution in [2.24, 2.45) is 0 Å². The first kappa shape index (κ1) is 53.7. The predicted octanol–water partition coefficient (Wildman–Crippen LogP) is 11.8. The van der Waals surface area contributed by atoms with Crippen LogP contribution in [-0.2, 0) is 32.7 Å². The van der Waals surface area contributed by atoms with E-state index in [9.17, 15) is 19.0 Å². The number of likely N-dealkylation sites (N-methyl/N-ethyl adjacent to an activating group) is 1. The van der Waals surface area contributed by atoms with Crippen molar-refractivity contribution in [2.75, 3.05) is 47.5 Å². The van der Waals surface area contributed by atoms with Crippen molar-refractivity contribution in [3.63, 3.8) is 0 Å². The van der Waals surface area contributed by atoms with Crippen LogP contribution in [0.2, 0.25) is 0 Å². The van der Waals surface area contributed by atoms with Crippen LogP contribution in [0.25, 0.3) is 0 Å². The van der Waals surface area contributed by atoms with Crippen LogP contribution in [0.3, 0.4) is 0 Å². The topological polar surface area (TPSA) is 111 Å². The molecule has 2 atom stereocenters. The number of phosphoric ester groups is 1. The molecule has 0 aromatic heterocycles. The summed E-state index contributed by atoms with van der Waals surface area (Å²) in [6.07, 6.45) is 45.6. The smallest absolute Gasteiger partial charge is 0.306 e. The lowest BCUT2D eigenvalue weighted by Crippen LogP contribution is -2.37. The van der Waals surface area contributed by atoms with Crippen LogP contribution >= 0.6 is 7.82 Å². The van der Waals surface area contributed by atoms with E-state index in [4.69, 9.17) is 18.5 Å². The normalized spacial score (nSPS) is 14.2. The maximum absolute atomic E-state index is 12.6. The number of rotatable bonds is 39. The van der Waals surface area contributed by atoms with Gasteiger partial charge < -0.3 is 27.9 Å². The number of allylic oxidation sites excluding steroid dienone is 10. The lowest BCUT2D eigenvalue weighted by Gasteiger charge is -2.28. The number of carbonyl (C=O) groups is 2. The van der Waals surface area contributed by atoms with Crippen molar-refractivity contribution in [3.05, 3.63) is 60.8 Å². The Kier molecular flexibility index (Phi) is 36.7. The van der Waals surface area contributed by atoms with E-state index in [1.54, 1.807) is 0 Å². The Balaban J connectivity index is 4.38. The SMILES string of the molecule is CC/C=C/C=C/C=C/C=C/C=C/CCCC(=O)OC(COC(=O)CCCCCCCCCCCCCCCCCCCCC)COP(=O)([O-])OCC[N+](C)(C)C. The van der Waals surface area contributed by atoms with E-state index < -0.39 is 32.5 Å². The molecule has 0 amide bonds. The molecule has 0 fully saturated rings. The van der Waals surface area contributed by atoms with E-state index in [-0.39, 0.29) is 26.1 Å². The summed E-state index contributed by atoms with van der Waals surface area (Å²) in [6, 6.07) is 0. The fourth-order valence-corrected chi connectivity index (χ4v) is 6.47. The number of quaternary nitrogens is 1. The zero-order valence-corrected chi connectivity index (χ0v) is 37.2. The Morgan fingerprint density at radius 1 is 0.571 bits per heavy atom. The summed E-state index contributed by atoms with van der Waals surface area (Å²) < 4.78 is 33.8. The third kappa shape index (κ3) is 41.3. The second kappa shape index (κ2) is 38.2. The highest BCUT2D eigenvalue weighted by molar-refractivity contribution is 7.45. The largest absolute Gasteiger partial charge is 0.756 e. The van der Waals surface area contributed by atoms with Gasteiger partial charge in [0.2, 0.25) is 0 Å². The summed E-state index contributed by atoms with van der Waals surface area (Å²) in [7, 11) is 1.11. The molecule has 0 saturated heterocycles. The fraction of sp³-hybridized carbons (Fsp3) is 0.739. The molecule has 9 nitrogen and oxygen atoms in total. The Labute approximate surface area is 343 Å². The predicted molar refractivity (Wildman–Crippen MR) is 231 cm³/mol. The first-order chi connectivity index (χ1) is 27.0. The summed E-state index contributed by atoms with van der Waals surface area (Å²) in [5, 5.41) is 0. The molecule has 0 aliphatic heterocycles. The number of esters is 2. The number of nitrogens with zero attached hydrogens (tertiary/aromatic N) is 1. The number of ether oxygens (including phenoxy) is 2. The standard InChI is InChI=1S/C46H82NO8P/c1-6-8-10-12-14-16-18-20-21-22-23-24-25-27-28-30-32-34-36-38-45(48)52-42-44(43-54-56(50,51)53-41-40-47(3,4)5)55-46(49)39-37-35-33-31-29-26-19-17-15-13-11-9-7-2/h9,11,13,15,17,19,26,29,31,33,44H,6-8,10,12,14,16,18,20-25,27-28,30,32,34-43H2,1-5H3/b11-9+,15-13+,19-17+,29-26+,33-31+.